The van der Waals surface area contributed by atoms with Crippen LogP contribution in [0.4, 0.5) is 10.1 Å². The zero-order valence-corrected chi connectivity index (χ0v) is 10.5. The number of nitro groups is 1. The molecule has 0 aromatic heterocycles. The fourth-order valence-corrected chi connectivity index (χ4v) is 2.33. The molecule has 1 saturated carbocycles. The van der Waals surface area contributed by atoms with E-state index in [1.54, 1.807) is 0 Å². The summed E-state index contributed by atoms with van der Waals surface area (Å²) in [5.41, 5.74) is 5.94. The van der Waals surface area contributed by atoms with E-state index >= 15 is 0 Å². The van der Waals surface area contributed by atoms with Gasteiger partial charge in [0, 0.05) is 12.1 Å². The average molecular weight is 268 g/mol. The van der Waals surface area contributed by atoms with E-state index in [2.05, 4.69) is 0 Å². The second-order valence-electron chi connectivity index (χ2n) is 4.90. The van der Waals surface area contributed by atoms with Crippen molar-refractivity contribution in [2.24, 2.45) is 5.73 Å². The number of nitro benzene ring substituents is 1. The van der Waals surface area contributed by atoms with E-state index in [0.29, 0.717) is 5.56 Å². The Hall–Kier alpha value is -1.53. The van der Waals surface area contributed by atoms with Crippen molar-refractivity contribution in [2.75, 3.05) is 0 Å². The number of benzene rings is 1. The monoisotopic (exact) mass is 268 g/mol. The third-order valence-corrected chi connectivity index (χ3v) is 3.36. The van der Waals surface area contributed by atoms with Gasteiger partial charge in [-0.15, -0.1) is 0 Å². The molecule has 0 radical (unpaired) electrons. The van der Waals surface area contributed by atoms with Gasteiger partial charge in [-0.05, 0) is 43.4 Å². The van der Waals surface area contributed by atoms with Gasteiger partial charge in [-0.2, -0.15) is 4.39 Å². The number of hydrogen-bond donors (Lipinski definition) is 1. The number of halogens is 1. The second kappa shape index (κ2) is 6.08. The van der Waals surface area contributed by atoms with E-state index < -0.39 is 16.4 Å². The van der Waals surface area contributed by atoms with Crippen LogP contribution in [-0.2, 0) is 11.3 Å². The first kappa shape index (κ1) is 13.9. The highest BCUT2D eigenvalue weighted by molar-refractivity contribution is 5.34. The molecule has 1 aliphatic rings. The summed E-state index contributed by atoms with van der Waals surface area (Å²) in [7, 11) is 0. The first-order chi connectivity index (χ1) is 9.06. The normalized spacial score (nSPS) is 23.3. The van der Waals surface area contributed by atoms with Gasteiger partial charge >= 0.3 is 5.69 Å². The van der Waals surface area contributed by atoms with Crippen molar-refractivity contribution >= 4 is 5.69 Å². The van der Waals surface area contributed by atoms with Crippen LogP contribution < -0.4 is 5.73 Å². The minimum Gasteiger partial charge on any atom is -0.373 e. The SMILES string of the molecule is NC1CCCC(OCc2ccc([N+](=O)[O-])c(F)c2)C1. The van der Waals surface area contributed by atoms with Crippen LogP contribution in [0.3, 0.4) is 0 Å². The van der Waals surface area contributed by atoms with Crippen molar-refractivity contribution in [1.29, 1.82) is 0 Å². The van der Waals surface area contributed by atoms with Crippen LogP contribution >= 0.6 is 0 Å². The molecule has 104 valence electrons. The average Bonchev–Trinajstić information content (AvgIpc) is 2.36. The molecule has 6 heteroatoms. The van der Waals surface area contributed by atoms with Gasteiger partial charge in [-0.3, -0.25) is 10.1 Å². The first-order valence-electron chi connectivity index (χ1n) is 6.36. The number of ether oxygens (including phenoxy) is 1. The lowest BCUT2D eigenvalue weighted by atomic mass is 9.93. The summed E-state index contributed by atoms with van der Waals surface area (Å²) >= 11 is 0. The molecule has 19 heavy (non-hydrogen) atoms. The van der Waals surface area contributed by atoms with Crippen LogP contribution in [0.2, 0.25) is 0 Å². The Morgan fingerprint density at radius 3 is 2.89 bits per heavy atom. The zero-order valence-electron chi connectivity index (χ0n) is 10.5. The molecule has 2 unspecified atom stereocenters. The van der Waals surface area contributed by atoms with Crippen LogP contribution in [0.5, 0.6) is 0 Å². The van der Waals surface area contributed by atoms with Gasteiger partial charge in [0.05, 0.1) is 17.6 Å². The summed E-state index contributed by atoms with van der Waals surface area (Å²) in [5.74, 6) is -0.827. The maximum atomic E-state index is 13.4. The van der Waals surface area contributed by atoms with Gasteiger partial charge in [0.15, 0.2) is 0 Å². The van der Waals surface area contributed by atoms with E-state index in [1.165, 1.54) is 12.1 Å². The third kappa shape index (κ3) is 3.71. The maximum Gasteiger partial charge on any atom is 0.304 e. The van der Waals surface area contributed by atoms with Gasteiger partial charge in [0.1, 0.15) is 0 Å². The molecule has 1 aromatic carbocycles. The molecule has 0 saturated heterocycles. The molecule has 0 spiro atoms. The Morgan fingerprint density at radius 2 is 2.26 bits per heavy atom. The van der Waals surface area contributed by atoms with Crippen LogP contribution in [0.1, 0.15) is 31.2 Å². The molecule has 2 rings (SSSR count). The predicted molar refractivity (Wildman–Crippen MR) is 68.1 cm³/mol. The van der Waals surface area contributed by atoms with Crippen LogP contribution in [0.15, 0.2) is 18.2 Å². The van der Waals surface area contributed by atoms with E-state index in [4.69, 9.17) is 10.5 Å². The molecule has 0 amide bonds. The molecular weight excluding hydrogens is 251 g/mol. The lowest BCUT2D eigenvalue weighted by Crippen LogP contribution is -2.32. The highest BCUT2D eigenvalue weighted by atomic mass is 19.1. The summed E-state index contributed by atoms with van der Waals surface area (Å²) < 4.78 is 19.1. The molecule has 2 N–H and O–H groups in total. The number of hydrogen-bond acceptors (Lipinski definition) is 4. The predicted octanol–water partition coefficient (Wildman–Crippen LogP) is 2.52. The highest BCUT2D eigenvalue weighted by Gasteiger charge is 2.20. The molecule has 0 aliphatic heterocycles. The molecule has 0 heterocycles. The Kier molecular flexibility index (Phi) is 4.44. The van der Waals surface area contributed by atoms with E-state index in [-0.39, 0.29) is 18.8 Å². The van der Waals surface area contributed by atoms with Crippen LogP contribution in [0, 0.1) is 15.9 Å². The Labute approximate surface area is 110 Å². The number of rotatable bonds is 4. The Balaban J connectivity index is 1.92. The quantitative estimate of drug-likeness (QED) is 0.672. The van der Waals surface area contributed by atoms with Crippen molar-refractivity contribution in [3.63, 3.8) is 0 Å². The van der Waals surface area contributed by atoms with Crippen molar-refractivity contribution in [3.05, 3.63) is 39.7 Å². The lowest BCUT2D eigenvalue weighted by molar-refractivity contribution is -0.387. The summed E-state index contributed by atoms with van der Waals surface area (Å²) in [6.07, 6.45) is 3.94. The van der Waals surface area contributed by atoms with E-state index in [1.807, 2.05) is 0 Å². The number of nitrogens with zero attached hydrogens (tertiary/aromatic N) is 1. The van der Waals surface area contributed by atoms with Gasteiger partial charge in [0.2, 0.25) is 5.82 Å². The first-order valence-corrected chi connectivity index (χ1v) is 6.36. The van der Waals surface area contributed by atoms with E-state index in [9.17, 15) is 14.5 Å². The van der Waals surface area contributed by atoms with Crippen molar-refractivity contribution in [2.45, 2.75) is 44.4 Å². The molecule has 2 atom stereocenters. The molecule has 1 aromatic rings. The van der Waals surface area contributed by atoms with Gasteiger partial charge in [-0.1, -0.05) is 0 Å². The summed E-state index contributed by atoms with van der Waals surface area (Å²) in [6.45, 7) is 0.256. The minimum atomic E-state index is -0.827. The highest BCUT2D eigenvalue weighted by Crippen LogP contribution is 2.22. The largest absolute Gasteiger partial charge is 0.373 e. The van der Waals surface area contributed by atoms with Gasteiger partial charge in [0.25, 0.3) is 0 Å². The molecule has 5 nitrogen and oxygen atoms in total. The van der Waals surface area contributed by atoms with Gasteiger partial charge < -0.3 is 10.5 Å². The Morgan fingerprint density at radius 1 is 1.47 bits per heavy atom. The fraction of sp³-hybridized carbons (Fsp3) is 0.538. The summed E-state index contributed by atoms with van der Waals surface area (Å²) in [6, 6.07) is 4.01. The Bertz CT molecular complexity index is 467. The van der Waals surface area contributed by atoms with Gasteiger partial charge in [-0.25, -0.2) is 0 Å². The standard InChI is InChI=1S/C13H17FN2O3/c14-12-6-9(4-5-13(12)16(17)18)8-19-11-3-1-2-10(15)7-11/h4-6,10-11H,1-3,7-8,15H2. The zero-order chi connectivity index (χ0) is 13.8. The molecule has 1 aliphatic carbocycles. The van der Waals surface area contributed by atoms with Crippen molar-refractivity contribution in [1.82, 2.24) is 0 Å². The smallest absolute Gasteiger partial charge is 0.304 e. The number of nitrogens with two attached hydrogens (primary N) is 1. The topological polar surface area (TPSA) is 78.4 Å². The lowest BCUT2D eigenvalue weighted by Gasteiger charge is -2.26. The molecular formula is C13H17FN2O3. The van der Waals surface area contributed by atoms with Crippen LogP contribution in [0.25, 0.3) is 0 Å². The fourth-order valence-electron chi connectivity index (χ4n) is 2.33. The second-order valence-corrected chi connectivity index (χ2v) is 4.90. The molecule has 0 bridgehead atoms. The summed E-state index contributed by atoms with van der Waals surface area (Å²) in [4.78, 5) is 9.76. The summed E-state index contributed by atoms with van der Waals surface area (Å²) in [5, 5.41) is 10.5. The third-order valence-electron chi connectivity index (χ3n) is 3.36. The van der Waals surface area contributed by atoms with Crippen molar-refractivity contribution in [3.8, 4) is 0 Å². The molecule has 1 fully saturated rings. The minimum absolute atomic E-state index is 0.0991. The maximum absolute atomic E-state index is 13.4. The van der Waals surface area contributed by atoms with E-state index in [0.717, 1.165) is 31.7 Å². The van der Waals surface area contributed by atoms with Crippen LogP contribution in [-0.4, -0.2) is 17.1 Å². The van der Waals surface area contributed by atoms with Crippen molar-refractivity contribution < 1.29 is 14.1 Å².